The Morgan fingerprint density at radius 1 is 0.921 bits per heavy atom. The van der Waals surface area contributed by atoms with Crippen molar-refractivity contribution in [3.05, 3.63) is 84.4 Å². The zero-order chi connectivity index (χ0) is 27.0. The molecule has 0 unspecified atom stereocenters. The molecule has 1 heterocycles. The number of ether oxygens (including phenoxy) is 2. The van der Waals surface area contributed by atoms with Crippen LogP contribution in [0, 0.1) is 0 Å². The maximum absolute atomic E-state index is 13.5. The molecule has 0 saturated carbocycles. The highest BCUT2D eigenvalue weighted by molar-refractivity contribution is 7.92. The number of hydrazone groups is 1. The largest absolute Gasteiger partial charge is 0.493 e. The first-order valence-corrected chi connectivity index (χ1v) is 13.7. The number of carbonyl (C=O) groups excluding carboxylic acids is 1. The molecule has 1 saturated heterocycles. The number of hydrogen-bond acceptors (Lipinski definition) is 7. The Morgan fingerprint density at radius 2 is 1.55 bits per heavy atom. The maximum atomic E-state index is 13.5. The van der Waals surface area contributed by atoms with Gasteiger partial charge in [-0.3, -0.25) is 14.0 Å². The van der Waals surface area contributed by atoms with Crippen LogP contribution in [0.15, 0.2) is 88.9 Å². The van der Waals surface area contributed by atoms with Gasteiger partial charge in [0.15, 0.2) is 11.5 Å². The number of piperidine rings is 1. The minimum atomic E-state index is -4.05. The molecule has 1 N–H and O–H groups in total. The number of amides is 1. The average molecular weight is 537 g/mol. The molecule has 1 aliphatic heterocycles. The van der Waals surface area contributed by atoms with E-state index in [1.165, 1.54) is 38.0 Å². The minimum Gasteiger partial charge on any atom is -0.493 e. The van der Waals surface area contributed by atoms with Gasteiger partial charge in [-0.2, -0.15) is 5.10 Å². The van der Waals surface area contributed by atoms with Crippen molar-refractivity contribution in [3.8, 4) is 11.5 Å². The zero-order valence-electron chi connectivity index (χ0n) is 21.5. The molecule has 0 bridgehead atoms. The third kappa shape index (κ3) is 6.70. The average Bonchev–Trinajstić information content (AvgIpc) is 2.96. The topological polar surface area (TPSA) is 101 Å². The van der Waals surface area contributed by atoms with Crippen LogP contribution in [0.2, 0.25) is 0 Å². The summed E-state index contributed by atoms with van der Waals surface area (Å²) in [5.41, 5.74) is 4.97. The number of nitrogens with one attached hydrogen (secondary N) is 1. The van der Waals surface area contributed by atoms with E-state index in [2.05, 4.69) is 27.6 Å². The van der Waals surface area contributed by atoms with Crippen molar-refractivity contribution < 1.29 is 22.7 Å². The van der Waals surface area contributed by atoms with Crippen LogP contribution in [0.5, 0.6) is 11.5 Å². The number of sulfonamides is 1. The highest BCUT2D eigenvalue weighted by atomic mass is 32.2. The Labute approximate surface area is 223 Å². The van der Waals surface area contributed by atoms with E-state index in [-0.39, 0.29) is 10.6 Å². The van der Waals surface area contributed by atoms with Crippen LogP contribution in [0.4, 0.5) is 5.69 Å². The molecule has 3 aromatic carbocycles. The van der Waals surface area contributed by atoms with Gasteiger partial charge in [-0.25, -0.2) is 13.8 Å². The van der Waals surface area contributed by atoms with Crippen LogP contribution in [-0.4, -0.2) is 58.8 Å². The Hall–Kier alpha value is -3.89. The first kappa shape index (κ1) is 27.2. The van der Waals surface area contributed by atoms with E-state index < -0.39 is 22.5 Å². The molecule has 200 valence electrons. The van der Waals surface area contributed by atoms with E-state index in [0.717, 1.165) is 42.5 Å². The number of likely N-dealkylation sites (tertiary alicyclic amines) is 1. The van der Waals surface area contributed by atoms with E-state index in [1.807, 2.05) is 18.2 Å². The summed E-state index contributed by atoms with van der Waals surface area (Å²) < 4.78 is 38.8. The number of benzene rings is 3. The molecule has 0 atom stereocenters. The molecule has 0 aliphatic carbocycles. The van der Waals surface area contributed by atoms with Crippen LogP contribution in [0.3, 0.4) is 0 Å². The fraction of sp³-hybridized carbons (Fsp3) is 0.286. The molecule has 1 fully saturated rings. The molecule has 3 aromatic rings. The lowest BCUT2D eigenvalue weighted by molar-refractivity contribution is -0.119. The first-order valence-electron chi connectivity index (χ1n) is 12.3. The molecule has 10 heteroatoms. The van der Waals surface area contributed by atoms with Gasteiger partial charge in [0.05, 0.1) is 24.8 Å². The van der Waals surface area contributed by atoms with Gasteiger partial charge in [-0.15, -0.1) is 0 Å². The van der Waals surface area contributed by atoms with Crippen molar-refractivity contribution in [1.82, 2.24) is 10.3 Å². The lowest BCUT2D eigenvalue weighted by atomic mass is 10.1. The number of methoxy groups -OCH3 is 2. The zero-order valence-corrected chi connectivity index (χ0v) is 22.4. The van der Waals surface area contributed by atoms with Crippen LogP contribution in [0.25, 0.3) is 0 Å². The van der Waals surface area contributed by atoms with Crippen LogP contribution >= 0.6 is 0 Å². The third-order valence-corrected chi connectivity index (χ3v) is 8.08. The molecular formula is C28H32N4O5S. The van der Waals surface area contributed by atoms with Gasteiger partial charge < -0.3 is 9.47 Å². The molecule has 1 amide bonds. The van der Waals surface area contributed by atoms with Gasteiger partial charge in [0.2, 0.25) is 0 Å². The second-order valence-corrected chi connectivity index (χ2v) is 10.7. The van der Waals surface area contributed by atoms with Crippen LogP contribution in [-0.2, 0) is 21.4 Å². The summed E-state index contributed by atoms with van der Waals surface area (Å²) >= 11 is 0. The number of hydrogen-bond donors (Lipinski definition) is 1. The molecule has 1 aliphatic rings. The van der Waals surface area contributed by atoms with Gasteiger partial charge in [-0.1, -0.05) is 48.5 Å². The van der Waals surface area contributed by atoms with Gasteiger partial charge >= 0.3 is 0 Å². The molecule has 38 heavy (non-hydrogen) atoms. The van der Waals surface area contributed by atoms with Crippen LogP contribution in [0.1, 0.15) is 18.4 Å². The van der Waals surface area contributed by atoms with Gasteiger partial charge in [0.25, 0.3) is 15.9 Å². The lowest BCUT2D eigenvalue weighted by Gasteiger charge is -2.27. The third-order valence-electron chi connectivity index (χ3n) is 6.29. The second-order valence-electron chi connectivity index (χ2n) is 8.84. The molecule has 0 aromatic heterocycles. The summed E-state index contributed by atoms with van der Waals surface area (Å²) in [6.07, 6.45) is 1.46. The van der Waals surface area contributed by atoms with Crippen LogP contribution < -0.4 is 19.2 Å². The van der Waals surface area contributed by atoms with E-state index in [9.17, 15) is 13.2 Å². The number of carbonyl (C=O) groups is 1. The van der Waals surface area contributed by atoms with Crippen molar-refractivity contribution in [2.24, 2.45) is 5.10 Å². The summed E-state index contributed by atoms with van der Waals surface area (Å²) in [4.78, 5) is 15.4. The SMILES string of the molecule is COc1ccc(N(CC(=O)NN=C2CCN(Cc3ccccc3)CC2)S(=O)(=O)c2ccccc2)cc1OC. The molecule has 4 rings (SSSR count). The predicted octanol–water partition coefficient (Wildman–Crippen LogP) is 3.67. The van der Waals surface area contributed by atoms with Gasteiger partial charge in [0, 0.05) is 44.3 Å². The smallest absolute Gasteiger partial charge is 0.264 e. The Balaban J connectivity index is 1.46. The summed E-state index contributed by atoms with van der Waals surface area (Å²) in [6.45, 7) is 2.09. The highest BCUT2D eigenvalue weighted by Gasteiger charge is 2.28. The number of nitrogens with zero attached hydrogens (tertiary/aromatic N) is 3. The van der Waals surface area contributed by atoms with E-state index in [4.69, 9.17) is 9.47 Å². The van der Waals surface area contributed by atoms with E-state index >= 15 is 0 Å². The molecule has 0 spiro atoms. The van der Waals surface area contributed by atoms with Gasteiger partial charge in [-0.05, 0) is 29.8 Å². The maximum Gasteiger partial charge on any atom is 0.264 e. The van der Waals surface area contributed by atoms with Crippen molar-refractivity contribution in [2.45, 2.75) is 24.3 Å². The fourth-order valence-corrected chi connectivity index (χ4v) is 5.68. The molecule has 9 nitrogen and oxygen atoms in total. The van der Waals surface area contributed by atoms with Crippen molar-refractivity contribution in [1.29, 1.82) is 0 Å². The fourth-order valence-electron chi connectivity index (χ4n) is 4.24. The summed E-state index contributed by atoms with van der Waals surface area (Å²) in [5, 5.41) is 4.31. The normalized spacial score (nSPS) is 14.0. The summed E-state index contributed by atoms with van der Waals surface area (Å²) in [5.74, 6) is 0.252. The second kappa shape index (κ2) is 12.6. The standard InChI is InChI=1S/C28H32N4O5S/c1-36-26-14-13-24(19-27(26)37-2)32(38(34,35)25-11-7-4-8-12-25)21-28(33)30-29-23-15-17-31(18-16-23)20-22-9-5-3-6-10-22/h3-14,19H,15-18,20-21H2,1-2H3,(H,30,33). The van der Waals surface area contributed by atoms with E-state index in [0.29, 0.717) is 11.5 Å². The first-order chi connectivity index (χ1) is 18.4. The van der Waals surface area contributed by atoms with Gasteiger partial charge in [0.1, 0.15) is 6.54 Å². The minimum absolute atomic E-state index is 0.0692. The number of rotatable bonds is 10. The van der Waals surface area contributed by atoms with Crippen molar-refractivity contribution in [2.75, 3.05) is 38.2 Å². The molecular weight excluding hydrogens is 504 g/mol. The monoisotopic (exact) mass is 536 g/mol. The Bertz CT molecular complexity index is 1350. The predicted molar refractivity (Wildman–Crippen MR) is 147 cm³/mol. The summed E-state index contributed by atoms with van der Waals surface area (Å²) in [7, 11) is -1.09. The Morgan fingerprint density at radius 3 is 2.18 bits per heavy atom. The van der Waals surface area contributed by atoms with Crippen molar-refractivity contribution >= 4 is 27.3 Å². The van der Waals surface area contributed by atoms with E-state index in [1.54, 1.807) is 30.3 Å². The quantitative estimate of drug-likeness (QED) is 0.397. The lowest BCUT2D eigenvalue weighted by Crippen LogP contribution is -2.40. The summed E-state index contributed by atoms with van der Waals surface area (Å²) in [6, 6.07) is 23.0. The Kier molecular flexibility index (Phi) is 8.98. The highest BCUT2D eigenvalue weighted by Crippen LogP contribution is 2.33. The number of anilines is 1. The molecule has 0 radical (unpaired) electrons. The van der Waals surface area contributed by atoms with Crippen molar-refractivity contribution in [3.63, 3.8) is 0 Å².